The zero-order chi connectivity index (χ0) is 28.9. The smallest absolute Gasteiger partial charge is 0.330 e. The van der Waals surface area contributed by atoms with Crippen molar-refractivity contribution in [1.82, 2.24) is 9.55 Å². The van der Waals surface area contributed by atoms with E-state index in [-0.39, 0.29) is 12.0 Å². The third kappa shape index (κ3) is 7.31. The molecule has 0 aliphatic carbocycles. The first kappa shape index (κ1) is 28.9. The van der Waals surface area contributed by atoms with Crippen LogP contribution in [-0.2, 0) is 50.3 Å². The average Bonchev–Trinajstić information content (AvgIpc) is 3.20. The standard InChI is InChI=1S/C27H28N2O10S/c1-17(30)36-15-22-23(39-40(34,35)16-20-11-7-4-8-12-20)24(37-18(2)31)26(38-22)29-14-21(25(32)28-27(29)33)13-19-9-5-3-6-10-19/h3-12,14,22-24,26H,13,15-16H2,1-2H3,(H,28,32,33)/t22-,23+,24-,26-/m1/s1. The molecule has 0 bridgehead atoms. The maximum Gasteiger partial charge on any atom is 0.330 e. The van der Waals surface area contributed by atoms with E-state index < -0.39 is 70.2 Å². The Bertz CT molecular complexity index is 1570. The van der Waals surface area contributed by atoms with Crippen molar-refractivity contribution >= 4 is 22.1 Å². The summed E-state index contributed by atoms with van der Waals surface area (Å²) in [6.07, 6.45) is -4.18. The van der Waals surface area contributed by atoms with Gasteiger partial charge in [-0.3, -0.25) is 28.1 Å². The van der Waals surface area contributed by atoms with Crippen molar-refractivity contribution in [2.24, 2.45) is 0 Å². The molecule has 4 atom stereocenters. The summed E-state index contributed by atoms with van der Waals surface area (Å²) < 4.78 is 49.0. The normalized spacial score (nSPS) is 20.6. The molecule has 3 aromatic rings. The maximum absolute atomic E-state index is 13.0. The van der Waals surface area contributed by atoms with Gasteiger partial charge in [-0.2, -0.15) is 8.42 Å². The molecule has 1 aliphatic heterocycles. The van der Waals surface area contributed by atoms with Crippen molar-refractivity contribution in [3.63, 3.8) is 0 Å². The highest BCUT2D eigenvalue weighted by Gasteiger charge is 2.51. The molecule has 13 heteroatoms. The van der Waals surface area contributed by atoms with E-state index in [2.05, 4.69) is 4.98 Å². The lowest BCUT2D eigenvalue weighted by Gasteiger charge is -2.24. The molecule has 2 heterocycles. The van der Waals surface area contributed by atoms with Gasteiger partial charge in [0.2, 0.25) is 0 Å². The lowest BCUT2D eigenvalue weighted by atomic mass is 10.1. The first-order valence-corrected chi connectivity index (χ1v) is 13.9. The van der Waals surface area contributed by atoms with Gasteiger partial charge in [-0.15, -0.1) is 0 Å². The predicted molar refractivity (Wildman–Crippen MR) is 141 cm³/mol. The highest BCUT2D eigenvalue weighted by atomic mass is 32.2. The van der Waals surface area contributed by atoms with Gasteiger partial charge < -0.3 is 14.2 Å². The summed E-state index contributed by atoms with van der Waals surface area (Å²) in [7, 11) is -4.29. The number of carbonyl (C=O) groups excluding carboxylic acids is 2. The number of nitrogens with one attached hydrogen (secondary N) is 1. The van der Waals surface area contributed by atoms with Crippen LogP contribution in [0.3, 0.4) is 0 Å². The number of hydrogen-bond donors (Lipinski definition) is 1. The van der Waals surface area contributed by atoms with Crippen LogP contribution >= 0.6 is 0 Å². The molecule has 0 radical (unpaired) electrons. The number of hydrogen-bond acceptors (Lipinski definition) is 10. The monoisotopic (exact) mass is 572 g/mol. The Morgan fingerprint density at radius 2 is 1.55 bits per heavy atom. The molecule has 40 heavy (non-hydrogen) atoms. The van der Waals surface area contributed by atoms with E-state index in [0.29, 0.717) is 5.56 Å². The minimum absolute atomic E-state index is 0.170. The number of esters is 2. The second kappa shape index (κ2) is 12.4. The van der Waals surface area contributed by atoms with Gasteiger partial charge in [0.05, 0.1) is 0 Å². The van der Waals surface area contributed by atoms with E-state index in [1.807, 2.05) is 6.07 Å². The Morgan fingerprint density at radius 3 is 2.15 bits per heavy atom. The number of aromatic amines is 1. The minimum atomic E-state index is -4.29. The van der Waals surface area contributed by atoms with Crippen molar-refractivity contribution in [1.29, 1.82) is 0 Å². The first-order chi connectivity index (χ1) is 19.0. The van der Waals surface area contributed by atoms with Crippen LogP contribution in [0.1, 0.15) is 36.8 Å². The molecule has 0 amide bonds. The average molecular weight is 573 g/mol. The van der Waals surface area contributed by atoms with E-state index in [1.165, 1.54) is 6.20 Å². The highest BCUT2D eigenvalue weighted by Crippen LogP contribution is 2.35. The summed E-state index contributed by atoms with van der Waals surface area (Å²) in [5, 5.41) is 0. The van der Waals surface area contributed by atoms with Gasteiger partial charge in [0.1, 0.15) is 24.6 Å². The summed E-state index contributed by atoms with van der Waals surface area (Å²) in [5.74, 6) is -1.97. The van der Waals surface area contributed by atoms with Crippen molar-refractivity contribution in [3.05, 3.63) is 104 Å². The van der Waals surface area contributed by atoms with Gasteiger partial charge >= 0.3 is 17.6 Å². The van der Waals surface area contributed by atoms with Gasteiger partial charge in [0, 0.05) is 32.0 Å². The number of nitrogens with zero attached hydrogens (tertiary/aromatic N) is 1. The number of ether oxygens (including phenoxy) is 3. The molecular formula is C27H28N2O10S. The number of H-pyrrole nitrogens is 1. The molecule has 212 valence electrons. The van der Waals surface area contributed by atoms with Crippen LogP contribution in [0.5, 0.6) is 0 Å². The molecular weight excluding hydrogens is 544 g/mol. The summed E-state index contributed by atoms with van der Waals surface area (Å²) in [6.45, 7) is 1.80. The summed E-state index contributed by atoms with van der Waals surface area (Å²) in [6, 6.07) is 17.3. The lowest BCUT2D eigenvalue weighted by Crippen LogP contribution is -2.43. The van der Waals surface area contributed by atoms with E-state index in [1.54, 1.807) is 54.6 Å². The third-order valence-corrected chi connectivity index (χ3v) is 7.24. The Balaban J connectivity index is 1.72. The fourth-order valence-electron chi connectivity index (χ4n) is 4.34. The first-order valence-electron chi connectivity index (χ1n) is 12.3. The van der Waals surface area contributed by atoms with Gasteiger partial charge in [-0.25, -0.2) is 4.79 Å². The molecule has 12 nitrogen and oxygen atoms in total. The SMILES string of the molecule is CC(=O)OC[C@H]1O[C@@H](n2cc(Cc3ccccc3)c(=O)[nH]c2=O)[C@H](OC(C)=O)[C@H]1OS(=O)(=O)Cc1ccccc1. The topological polar surface area (TPSA) is 160 Å². The van der Waals surface area contributed by atoms with E-state index >= 15 is 0 Å². The number of benzene rings is 2. The number of aromatic nitrogens is 2. The molecule has 4 rings (SSSR count). The number of rotatable bonds is 10. The van der Waals surface area contributed by atoms with E-state index in [0.717, 1.165) is 24.0 Å². The van der Waals surface area contributed by atoms with E-state index in [9.17, 15) is 27.6 Å². The Labute approximate surface area is 229 Å². The van der Waals surface area contributed by atoms with Gasteiger partial charge in [-0.1, -0.05) is 60.7 Å². The summed E-state index contributed by atoms with van der Waals surface area (Å²) in [5.41, 5.74) is -0.0672. The quantitative estimate of drug-likeness (QED) is 0.278. The molecule has 1 N–H and O–H groups in total. The Morgan fingerprint density at radius 1 is 0.925 bits per heavy atom. The molecule has 1 saturated heterocycles. The zero-order valence-electron chi connectivity index (χ0n) is 21.7. The molecule has 2 aromatic carbocycles. The van der Waals surface area contributed by atoms with Crippen molar-refractivity contribution in [2.75, 3.05) is 6.61 Å². The van der Waals surface area contributed by atoms with Crippen LogP contribution in [0, 0.1) is 0 Å². The van der Waals surface area contributed by atoms with Crippen LogP contribution in [0.15, 0.2) is 76.4 Å². The molecule has 0 spiro atoms. The molecule has 1 fully saturated rings. The maximum atomic E-state index is 13.0. The zero-order valence-corrected chi connectivity index (χ0v) is 22.5. The van der Waals surface area contributed by atoms with Gasteiger partial charge in [0.25, 0.3) is 15.7 Å². The second-order valence-electron chi connectivity index (χ2n) is 9.17. The van der Waals surface area contributed by atoms with E-state index in [4.69, 9.17) is 18.4 Å². The van der Waals surface area contributed by atoms with Crippen LogP contribution < -0.4 is 11.2 Å². The fraction of sp³-hybridized carbons (Fsp3) is 0.333. The Kier molecular flexibility index (Phi) is 8.97. The highest BCUT2D eigenvalue weighted by molar-refractivity contribution is 7.85. The minimum Gasteiger partial charge on any atom is -0.463 e. The van der Waals surface area contributed by atoms with Gasteiger partial charge in [0.15, 0.2) is 12.3 Å². The van der Waals surface area contributed by atoms with Crippen LogP contribution in [0.25, 0.3) is 0 Å². The third-order valence-electron chi connectivity index (χ3n) is 6.04. The molecule has 0 saturated carbocycles. The number of carbonyl (C=O) groups is 2. The predicted octanol–water partition coefficient (Wildman–Crippen LogP) is 1.43. The van der Waals surface area contributed by atoms with Crippen LogP contribution in [0.2, 0.25) is 0 Å². The molecule has 1 aromatic heterocycles. The second-order valence-corrected chi connectivity index (χ2v) is 10.8. The van der Waals surface area contributed by atoms with Crippen molar-refractivity contribution in [3.8, 4) is 0 Å². The molecule has 1 aliphatic rings. The van der Waals surface area contributed by atoms with Gasteiger partial charge in [-0.05, 0) is 11.1 Å². The largest absolute Gasteiger partial charge is 0.463 e. The van der Waals surface area contributed by atoms with Crippen LogP contribution in [-0.4, -0.2) is 54.8 Å². The van der Waals surface area contributed by atoms with Crippen molar-refractivity contribution in [2.45, 2.75) is 50.6 Å². The Hall–Kier alpha value is -4.07. The molecule has 0 unspecified atom stereocenters. The van der Waals surface area contributed by atoms with Crippen LogP contribution in [0.4, 0.5) is 0 Å². The fourth-order valence-corrected chi connectivity index (χ4v) is 5.58. The summed E-state index contributed by atoms with van der Waals surface area (Å²) >= 11 is 0. The van der Waals surface area contributed by atoms with Crippen molar-refractivity contribution < 1.29 is 36.4 Å². The summed E-state index contributed by atoms with van der Waals surface area (Å²) in [4.78, 5) is 51.3. The lowest BCUT2D eigenvalue weighted by molar-refractivity contribution is -0.155.